The number of benzene rings is 1. The number of amides is 1. The van der Waals surface area contributed by atoms with Crippen LogP contribution in [0.2, 0.25) is 0 Å². The SMILES string of the molecule is CN(C)C(=O)CN(C)S(=O)(=O)c1ccc2c(c1)OCCCO2. The molecule has 0 N–H and O–H groups in total. The Morgan fingerprint density at radius 3 is 2.41 bits per heavy atom. The summed E-state index contributed by atoms with van der Waals surface area (Å²) in [6, 6.07) is 4.47. The molecule has 0 spiro atoms. The first kappa shape index (κ1) is 16.6. The molecule has 1 heterocycles. The van der Waals surface area contributed by atoms with Gasteiger partial charge in [0, 0.05) is 33.6 Å². The maximum Gasteiger partial charge on any atom is 0.243 e. The molecule has 0 aromatic heterocycles. The highest BCUT2D eigenvalue weighted by atomic mass is 32.2. The first-order valence-corrected chi connectivity index (χ1v) is 8.32. The summed E-state index contributed by atoms with van der Waals surface area (Å²) in [5.74, 6) is 0.648. The molecule has 0 radical (unpaired) electrons. The molecule has 22 heavy (non-hydrogen) atoms. The van der Waals surface area contributed by atoms with Gasteiger partial charge in [-0.15, -0.1) is 0 Å². The van der Waals surface area contributed by atoms with Gasteiger partial charge in [0.25, 0.3) is 0 Å². The number of hydrogen-bond donors (Lipinski definition) is 0. The number of carbonyl (C=O) groups excluding carboxylic acids is 1. The Morgan fingerprint density at radius 1 is 1.14 bits per heavy atom. The van der Waals surface area contributed by atoms with E-state index in [1.165, 1.54) is 24.1 Å². The van der Waals surface area contributed by atoms with Crippen LogP contribution in [0.5, 0.6) is 11.5 Å². The number of sulfonamides is 1. The van der Waals surface area contributed by atoms with Gasteiger partial charge in [-0.05, 0) is 12.1 Å². The van der Waals surface area contributed by atoms with Crippen LogP contribution in [0.25, 0.3) is 0 Å². The average molecular weight is 328 g/mol. The van der Waals surface area contributed by atoms with Crippen molar-refractivity contribution in [1.82, 2.24) is 9.21 Å². The Labute approximate surface area is 130 Å². The van der Waals surface area contributed by atoms with Crippen molar-refractivity contribution in [3.8, 4) is 11.5 Å². The molecule has 1 aliphatic heterocycles. The zero-order valence-corrected chi connectivity index (χ0v) is 13.7. The van der Waals surface area contributed by atoms with Gasteiger partial charge in [-0.25, -0.2) is 8.42 Å². The lowest BCUT2D eigenvalue weighted by Crippen LogP contribution is -2.37. The molecule has 0 saturated heterocycles. The molecule has 1 aromatic rings. The first-order valence-electron chi connectivity index (χ1n) is 6.88. The minimum absolute atomic E-state index is 0.0748. The van der Waals surface area contributed by atoms with Gasteiger partial charge in [-0.2, -0.15) is 4.31 Å². The van der Waals surface area contributed by atoms with Gasteiger partial charge >= 0.3 is 0 Å². The third kappa shape index (κ3) is 3.50. The lowest BCUT2D eigenvalue weighted by atomic mass is 10.3. The van der Waals surface area contributed by atoms with Gasteiger partial charge in [0.05, 0.1) is 24.7 Å². The highest BCUT2D eigenvalue weighted by Gasteiger charge is 2.25. The second kappa shape index (κ2) is 6.53. The molecule has 1 aliphatic rings. The zero-order chi connectivity index (χ0) is 16.3. The van der Waals surface area contributed by atoms with E-state index in [9.17, 15) is 13.2 Å². The van der Waals surface area contributed by atoms with Crippen LogP contribution in [0.1, 0.15) is 6.42 Å². The molecule has 0 unspecified atom stereocenters. The van der Waals surface area contributed by atoms with Gasteiger partial charge in [0.15, 0.2) is 11.5 Å². The predicted molar refractivity (Wildman–Crippen MR) is 80.6 cm³/mol. The summed E-state index contributed by atoms with van der Waals surface area (Å²) in [5.41, 5.74) is 0. The predicted octanol–water partition coefficient (Wildman–Crippen LogP) is 0.557. The van der Waals surface area contributed by atoms with Gasteiger partial charge in [0.2, 0.25) is 15.9 Å². The fourth-order valence-corrected chi connectivity index (χ4v) is 3.04. The summed E-state index contributed by atoms with van der Waals surface area (Å²) in [7, 11) is 0.772. The summed E-state index contributed by atoms with van der Waals surface area (Å²) in [6.45, 7) is 0.797. The van der Waals surface area contributed by atoms with E-state index >= 15 is 0 Å². The molecule has 1 amide bonds. The van der Waals surface area contributed by atoms with Crippen LogP contribution < -0.4 is 9.47 Å². The molecule has 0 atom stereocenters. The van der Waals surface area contributed by atoms with Gasteiger partial charge < -0.3 is 14.4 Å². The molecule has 122 valence electrons. The lowest BCUT2D eigenvalue weighted by molar-refractivity contribution is -0.128. The Bertz CT molecular complexity index is 657. The minimum atomic E-state index is -3.76. The third-order valence-corrected chi connectivity index (χ3v) is 5.08. The van der Waals surface area contributed by atoms with Gasteiger partial charge in [-0.1, -0.05) is 0 Å². The topological polar surface area (TPSA) is 76.2 Å². The molecule has 0 saturated carbocycles. The van der Waals surface area contributed by atoms with Crippen molar-refractivity contribution in [1.29, 1.82) is 0 Å². The maximum atomic E-state index is 12.5. The van der Waals surface area contributed by atoms with Crippen LogP contribution in [0.3, 0.4) is 0 Å². The first-order chi connectivity index (χ1) is 10.3. The maximum absolute atomic E-state index is 12.5. The van der Waals surface area contributed by atoms with Crippen LogP contribution >= 0.6 is 0 Å². The van der Waals surface area contributed by atoms with Crippen molar-refractivity contribution in [3.05, 3.63) is 18.2 Å². The number of likely N-dealkylation sites (N-methyl/N-ethyl adjacent to an activating group) is 2. The van der Waals surface area contributed by atoms with Crippen LogP contribution in [0.4, 0.5) is 0 Å². The largest absolute Gasteiger partial charge is 0.490 e. The van der Waals surface area contributed by atoms with Crippen LogP contribution in [-0.4, -0.2) is 64.4 Å². The van der Waals surface area contributed by atoms with Gasteiger partial charge in [-0.3, -0.25) is 4.79 Å². The number of carbonyl (C=O) groups is 1. The van der Waals surface area contributed by atoms with E-state index in [1.807, 2.05) is 0 Å². The molecule has 0 aliphatic carbocycles. The summed E-state index contributed by atoms with van der Waals surface area (Å²) in [4.78, 5) is 13.1. The molecule has 0 bridgehead atoms. The number of ether oxygens (including phenoxy) is 2. The highest BCUT2D eigenvalue weighted by Crippen LogP contribution is 2.32. The smallest absolute Gasteiger partial charge is 0.243 e. The Hall–Kier alpha value is -1.80. The Kier molecular flexibility index (Phi) is 4.92. The lowest BCUT2D eigenvalue weighted by Gasteiger charge is -2.19. The van der Waals surface area contributed by atoms with E-state index in [1.54, 1.807) is 20.2 Å². The molecular formula is C14H20N2O5S. The van der Waals surface area contributed by atoms with Crippen molar-refractivity contribution in [3.63, 3.8) is 0 Å². The van der Waals surface area contributed by atoms with E-state index in [-0.39, 0.29) is 17.3 Å². The van der Waals surface area contributed by atoms with Crippen molar-refractivity contribution < 1.29 is 22.7 Å². The van der Waals surface area contributed by atoms with Crippen LogP contribution in [-0.2, 0) is 14.8 Å². The summed E-state index contributed by atoms with van der Waals surface area (Å²) < 4.78 is 37.0. The number of hydrogen-bond acceptors (Lipinski definition) is 5. The Balaban J connectivity index is 2.26. The number of fused-ring (bicyclic) bond motifs is 1. The molecular weight excluding hydrogens is 308 g/mol. The highest BCUT2D eigenvalue weighted by molar-refractivity contribution is 7.89. The summed E-state index contributed by atoms with van der Waals surface area (Å²) in [5, 5.41) is 0. The van der Waals surface area contributed by atoms with E-state index in [4.69, 9.17) is 9.47 Å². The number of nitrogens with zero attached hydrogens (tertiary/aromatic N) is 2. The molecule has 8 heteroatoms. The van der Waals surface area contributed by atoms with Crippen molar-refractivity contribution in [2.24, 2.45) is 0 Å². The van der Waals surface area contributed by atoms with Crippen LogP contribution in [0, 0.1) is 0 Å². The normalized spacial score (nSPS) is 14.5. The molecule has 7 nitrogen and oxygen atoms in total. The molecule has 2 rings (SSSR count). The standard InChI is InChI=1S/C14H20N2O5S/c1-15(2)14(17)10-16(3)22(18,19)11-5-6-12-13(9-11)21-8-4-7-20-12/h5-6,9H,4,7-8,10H2,1-3H3. The fourth-order valence-electron chi connectivity index (χ4n) is 1.90. The van der Waals surface area contributed by atoms with Crippen molar-refractivity contribution in [2.45, 2.75) is 11.3 Å². The number of rotatable bonds is 4. The van der Waals surface area contributed by atoms with Crippen LogP contribution in [0.15, 0.2) is 23.1 Å². The zero-order valence-electron chi connectivity index (χ0n) is 12.9. The van der Waals surface area contributed by atoms with Crippen molar-refractivity contribution in [2.75, 3.05) is 40.9 Å². The summed E-state index contributed by atoms with van der Waals surface area (Å²) in [6.07, 6.45) is 0.744. The van der Waals surface area contributed by atoms with Crippen molar-refractivity contribution >= 4 is 15.9 Å². The minimum Gasteiger partial charge on any atom is -0.490 e. The third-order valence-electron chi connectivity index (χ3n) is 3.28. The van der Waals surface area contributed by atoms with E-state index in [0.29, 0.717) is 24.7 Å². The molecule has 1 aromatic carbocycles. The summed E-state index contributed by atoms with van der Waals surface area (Å²) >= 11 is 0. The van der Waals surface area contributed by atoms with E-state index < -0.39 is 10.0 Å². The Morgan fingerprint density at radius 2 is 1.77 bits per heavy atom. The molecule has 0 fully saturated rings. The van der Waals surface area contributed by atoms with E-state index in [0.717, 1.165) is 10.7 Å². The fraction of sp³-hybridized carbons (Fsp3) is 0.500. The average Bonchev–Trinajstić information content (AvgIpc) is 2.71. The second-order valence-corrected chi connectivity index (χ2v) is 7.25. The van der Waals surface area contributed by atoms with E-state index in [2.05, 4.69) is 0 Å². The second-order valence-electron chi connectivity index (χ2n) is 5.21. The van der Waals surface area contributed by atoms with Gasteiger partial charge in [0.1, 0.15) is 0 Å². The quantitative estimate of drug-likeness (QED) is 0.807. The monoisotopic (exact) mass is 328 g/mol.